The van der Waals surface area contributed by atoms with Crippen LogP contribution in [0.4, 0.5) is 8.78 Å². The van der Waals surface area contributed by atoms with E-state index in [9.17, 15) is 8.78 Å². The molecule has 1 rings (SSSR count). The molecule has 0 aliphatic rings. The first-order valence-electron chi connectivity index (χ1n) is 3.28. The van der Waals surface area contributed by atoms with Crippen LogP contribution in [0.25, 0.3) is 0 Å². The van der Waals surface area contributed by atoms with Crippen molar-refractivity contribution in [3.63, 3.8) is 0 Å². The second-order valence-electron chi connectivity index (χ2n) is 2.26. The summed E-state index contributed by atoms with van der Waals surface area (Å²) in [5.74, 6) is -0.439. The molecule has 0 fully saturated rings. The lowest BCUT2D eigenvalue weighted by Gasteiger charge is -2.06. The highest BCUT2D eigenvalue weighted by atomic mass is 127. The molecule has 1 heterocycles. The molecule has 0 aliphatic heterocycles. The van der Waals surface area contributed by atoms with Crippen molar-refractivity contribution in [2.75, 3.05) is 0 Å². The minimum atomic E-state index is -2.78. The minimum absolute atomic E-state index is 0.0538. The van der Waals surface area contributed by atoms with Crippen LogP contribution in [0.3, 0.4) is 0 Å². The number of hydrogen-bond donors (Lipinski definition) is 1. The van der Waals surface area contributed by atoms with Crippen LogP contribution in [-0.2, 0) is 5.88 Å². The van der Waals surface area contributed by atoms with Gasteiger partial charge >= 0.3 is 0 Å². The zero-order valence-corrected chi connectivity index (χ0v) is 9.18. The Morgan fingerprint density at radius 1 is 1.62 bits per heavy atom. The number of nitrogens with zero attached hydrogens (tertiary/aromatic N) is 1. The zero-order chi connectivity index (χ0) is 10.0. The summed E-state index contributed by atoms with van der Waals surface area (Å²) in [6.07, 6.45) is -2.78. The Morgan fingerprint density at radius 3 is 2.69 bits per heavy atom. The monoisotopic (exact) mass is 319 g/mol. The van der Waals surface area contributed by atoms with Gasteiger partial charge in [-0.3, -0.25) is 0 Å². The standard InChI is InChI=1S/C7H5ClF2INO/c8-2-4-3(11)1-5(13)6(12-4)7(9)10/h1,7,13H,2H2. The first-order chi connectivity index (χ1) is 6.06. The van der Waals surface area contributed by atoms with E-state index in [1.807, 2.05) is 22.6 Å². The number of alkyl halides is 3. The highest BCUT2D eigenvalue weighted by molar-refractivity contribution is 14.1. The summed E-state index contributed by atoms with van der Waals surface area (Å²) in [6.45, 7) is 0. The SMILES string of the molecule is Oc1cc(I)c(CCl)nc1C(F)F. The molecule has 1 aromatic rings. The molecule has 72 valence electrons. The summed E-state index contributed by atoms with van der Waals surface area (Å²) >= 11 is 7.34. The predicted octanol–water partition coefficient (Wildman–Crippen LogP) is 3.07. The van der Waals surface area contributed by atoms with Gasteiger partial charge in [0.1, 0.15) is 11.4 Å². The zero-order valence-electron chi connectivity index (χ0n) is 6.27. The molecular formula is C7H5ClF2INO. The number of aromatic hydroxyl groups is 1. The average molecular weight is 319 g/mol. The molecule has 0 spiro atoms. The van der Waals surface area contributed by atoms with E-state index in [1.165, 1.54) is 6.07 Å². The van der Waals surface area contributed by atoms with Crippen molar-refractivity contribution >= 4 is 34.2 Å². The van der Waals surface area contributed by atoms with Crippen molar-refractivity contribution in [1.29, 1.82) is 0 Å². The van der Waals surface area contributed by atoms with Crippen molar-refractivity contribution in [1.82, 2.24) is 4.98 Å². The van der Waals surface area contributed by atoms with Gasteiger partial charge in [-0.15, -0.1) is 11.6 Å². The van der Waals surface area contributed by atoms with Gasteiger partial charge in [0, 0.05) is 3.57 Å². The molecule has 0 bridgehead atoms. The Balaban J connectivity index is 3.22. The fourth-order valence-corrected chi connectivity index (χ4v) is 1.82. The van der Waals surface area contributed by atoms with Crippen LogP contribution in [0.2, 0.25) is 0 Å². The van der Waals surface area contributed by atoms with Gasteiger partial charge in [-0.25, -0.2) is 13.8 Å². The Bertz CT molecular complexity index is 322. The second-order valence-corrected chi connectivity index (χ2v) is 3.69. The smallest absolute Gasteiger partial charge is 0.284 e. The van der Waals surface area contributed by atoms with Crippen LogP contribution in [0.5, 0.6) is 5.75 Å². The van der Waals surface area contributed by atoms with Crippen molar-refractivity contribution in [3.8, 4) is 5.75 Å². The molecule has 6 heteroatoms. The van der Waals surface area contributed by atoms with Gasteiger partial charge in [0.2, 0.25) is 0 Å². The summed E-state index contributed by atoms with van der Waals surface area (Å²) in [5.41, 5.74) is -0.258. The van der Waals surface area contributed by atoms with Crippen molar-refractivity contribution in [3.05, 3.63) is 21.0 Å². The van der Waals surface area contributed by atoms with Gasteiger partial charge in [-0.1, -0.05) is 0 Å². The van der Waals surface area contributed by atoms with Crippen molar-refractivity contribution < 1.29 is 13.9 Å². The van der Waals surface area contributed by atoms with Gasteiger partial charge in [0.15, 0.2) is 0 Å². The second kappa shape index (κ2) is 4.36. The van der Waals surface area contributed by atoms with E-state index >= 15 is 0 Å². The van der Waals surface area contributed by atoms with Gasteiger partial charge in [0.25, 0.3) is 6.43 Å². The molecule has 1 aromatic heterocycles. The first kappa shape index (κ1) is 10.9. The largest absolute Gasteiger partial charge is 0.506 e. The number of pyridine rings is 1. The Kier molecular flexibility index (Phi) is 3.66. The van der Waals surface area contributed by atoms with Crippen LogP contribution < -0.4 is 0 Å². The maximum Gasteiger partial charge on any atom is 0.284 e. The van der Waals surface area contributed by atoms with Gasteiger partial charge in [0.05, 0.1) is 11.6 Å². The number of hydrogen-bond acceptors (Lipinski definition) is 2. The molecule has 2 nitrogen and oxygen atoms in total. The Hall–Kier alpha value is -0.170. The van der Waals surface area contributed by atoms with E-state index in [2.05, 4.69) is 4.98 Å². The number of aromatic nitrogens is 1. The lowest BCUT2D eigenvalue weighted by atomic mass is 10.3. The molecule has 0 atom stereocenters. The third-order valence-electron chi connectivity index (χ3n) is 1.39. The number of halogens is 4. The number of rotatable bonds is 2. The molecule has 1 N–H and O–H groups in total. The molecule has 0 saturated carbocycles. The van der Waals surface area contributed by atoms with E-state index in [0.29, 0.717) is 9.26 Å². The lowest BCUT2D eigenvalue weighted by Crippen LogP contribution is -1.97. The molecule has 0 amide bonds. The highest BCUT2D eigenvalue weighted by Gasteiger charge is 2.17. The summed E-state index contributed by atoms with van der Waals surface area (Å²) in [5, 5.41) is 9.09. The van der Waals surface area contributed by atoms with E-state index in [4.69, 9.17) is 16.7 Å². The molecule has 0 unspecified atom stereocenters. The molecular weight excluding hydrogens is 314 g/mol. The summed E-state index contributed by atoms with van der Waals surface area (Å²) in [4.78, 5) is 3.55. The van der Waals surface area contributed by atoms with Crippen molar-refractivity contribution in [2.24, 2.45) is 0 Å². The topological polar surface area (TPSA) is 33.1 Å². The molecule has 0 saturated heterocycles. The molecule has 0 aliphatic carbocycles. The van der Waals surface area contributed by atoms with Crippen LogP contribution >= 0.6 is 34.2 Å². The lowest BCUT2D eigenvalue weighted by molar-refractivity contribution is 0.141. The summed E-state index contributed by atoms with van der Waals surface area (Å²) < 4.78 is 25.0. The van der Waals surface area contributed by atoms with E-state index in [1.54, 1.807) is 0 Å². The van der Waals surface area contributed by atoms with Crippen LogP contribution in [0.1, 0.15) is 17.8 Å². The van der Waals surface area contributed by atoms with Crippen LogP contribution in [0.15, 0.2) is 6.07 Å². The molecule has 0 aromatic carbocycles. The van der Waals surface area contributed by atoms with Gasteiger partial charge < -0.3 is 5.11 Å². The third-order valence-corrected chi connectivity index (χ3v) is 2.58. The quantitative estimate of drug-likeness (QED) is 0.671. The molecule has 13 heavy (non-hydrogen) atoms. The normalized spacial score (nSPS) is 10.8. The van der Waals surface area contributed by atoms with Crippen molar-refractivity contribution in [2.45, 2.75) is 12.3 Å². The van der Waals surface area contributed by atoms with Crippen LogP contribution in [-0.4, -0.2) is 10.1 Å². The Labute approximate surface area is 92.1 Å². The van der Waals surface area contributed by atoms with E-state index in [0.717, 1.165) is 0 Å². The first-order valence-corrected chi connectivity index (χ1v) is 4.90. The maximum atomic E-state index is 12.2. The maximum absolute atomic E-state index is 12.2. The van der Waals surface area contributed by atoms with Crippen LogP contribution in [0, 0.1) is 3.57 Å². The summed E-state index contributed by atoms with van der Waals surface area (Å²) in [6, 6.07) is 1.23. The summed E-state index contributed by atoms with van der Waals surface area (Å²) in [7, 11) is 0. The average Bonchev–Trinajstić information content (AvgIpc) is 2.03. The van der Waals surface area contributed by atoms with Gasteiger partial charge in [-0.2, -0.15) is 0 Å². The fraction of sp³-hybridized carbons (Fsp3) is 0.286. The Morgan fingerprint density at radius 2 is 2.23 bits per heavy atom. The van der Waals surface area contributed by atoms with Gasteiger partial charge in [-0.05, 0) is 28.7 Å². The third kappa shape index (κ3) is 2.40. The van der Waals surface area contributed by atoms with E-state index in [-0.39, 0.29) is 5.88 Å². The fourth-order valence-electron chi connectivity index (χ4n) is 0.788. The predicted molar refractivity (Wildman–Crippen MR) is 53.1 cm³/mol. The van der Waals surface area contributed by atoms with E-state index < -0.39 is 17.9 Å². The minimum Gasteiger partial charge on any atom is -0.506 e. The highest BCUT2D eigenvalue weighted by Crippen LogP contribution is 2.29. The molecule has 0 radical (unpaired) electrons.